The molecule has 1 aliphatic rings. The van der Waals surface area contributed by atoms with Crippen molar-refractivity contribution in [3.05, 3.63) is 0 Å². The van der Waals surface area contributed by atoms with E-state index in [1.54, 1.807) is 6.92 Å². The van der Waals surface area contributed by atoms with Gasteiger partial charge in [0.1, 0.15) is 0 Å². The molecule has 4 heteroatoms. The Morgan fingerprint density at radius 3 is 2.31 bits per heavy atom. The Hall–Kier alpha value is -0.800. The average Bonchev–Trinajstić information content (AvgIpc) is 2.59. The summed E-state index contributed by atoms with van der Waals surface area (Å²) in [6.07, 6.45) is 0.257. The third kappa shape index (κ3) is 2.57. The van der Waals surface area contributed by atoms with Gasteiger partial charge in [0, 0.05) is 25.2 Å². The van der Waals surface area contributed by atoms with Crippen molar-refractivity contribution in [3.63, 3.8) is 0 Å². The molecule has 0 heterocycles. The lowest BCUT2D eigenvalue weighted by molar-refractivity contribution is -0.137. The van der Waals surface area contributed by atoms with Crippen molar-refractivity contribution in [2.75, 3.05) is 0 Å². The number of carbonyl (C=O) groups is 2. The summed E-state index contributed by atoms with van der Waals surface area (Å²) < 4.78 is 24.7. The molecule has 0 N–H and O–H groups in total. The van der Waals surface area contributed by atoms with Crippen LogP contribution in [0.4, 0.5) is 8.78 Å². The molecular formula is C9H12F2O2. The fraction of sp³-hybridized carbons (Fsp3) is 0.778. The summed E-state index contributed by atoms with van der Waals surface area (Å²) in [5, 5.41) is 0. The Kier molecular flexibility index (Phi) is 2.78. The summed E-state index contributed by atoms with van der Waals surface area (Å²) in [6.45, 7) is 1.77. The van der Waals surface area contributed by atoms with Crippen LogP contribution < -0.4 is 0 Å². The van der Waals surface area contributed by atoms with Crippen LogP contribution in [0.15, 0.2) is 0 Å². The fourth-order valence-electron chi connectivity index (χ4n) is 1.20. The summed E-state index contributed by atoms with van der Waals surface area (Å²) in [5.41, 5.74) is 0. The quantitative estimate of drug-likeness (QED) is 0.621. The van der Waals surface area contributed by atoms with Gasteiger partial charge in [0.15, 0.2) is 11.6 Å². The van der Waals surface area contributed by atoms with Crippen LogP contribution in [-0.4, -0.2) is 17.5 Å². The molecule has 1 atom stereocenters. The molecule has 2 nitrogen and oxygen atoms in total. The molecule has 1 fully saturated rings. The molecule has 0 spiro atoms. The summed E-state index contributed by atoms with van der Waals surface area (Å²) >= 11 is 0. The Morgan fingerprint density at radius 1 is 1.38 bits per heavy atom. The van der Waals surface area contributed by atoms with Crippen molar-refractivity contribution in [2.24, 2.45) is 5.92 Å². The number of rotatable bonds is 5. The minimum atomic E-state index is -2.69. The van der Waals surface area contributed by atoms with Crippen molar-refractivity contribution in [2.45, 2.75) is 38.5 Å². The minimum Gasteiger partial charge on any atom is -0.291 e. The van der Waals surface area contributed by atoms with Crippen LogP contribution >= 0.6 is 0 Å². The topological polar surface area (TPSA) is 34.1 Å². The van der Waals surface area contributed by atoms with Crippen molar-refractivity contribution in [1.29, 1.82) is 0 Å². The molecule has 0 aromatic rings. The highest BCUT2D eigenvalue weighted by atomic mass is 19.3. The lowest BCUT2D eigenvalue weighted by Crippen LogP contribution is -2.15. The van der Waals surface area contributed by atoms with Crippen LogP contribution in [0.5, 0.6) is 0 Å². The van der Waals surface area contributed by atoms with Gasteiger partial charge in [-0.05, 0) is 6.42 Å². The van der Waals surface area contributed by atoms with E-state index in [9.17, 15) is 18.4 Å². The molecule has 13 heavy (non-hydrogen) atoms. The Morgan fingerprint density at radius 2 is 1.92 bits per heavy atom. The largest absolute Gasteiger partial charge is 0.291 e. The molecule has 0 aromatic carbocycles. The van der Waals surface area contributed by atoms with Crippen LogP contribution in [-0.2, 0) is 9.59 Å². The van der Waals surface area contributed by atoms with E-state index in [4.69, 9.17) is 0 Å². The molecule has 1 aliphatic carbocycles. The number of carbonyl (C=O) groups excluding carboxylic acids is 2. The minimum absolute atomic E-state index is 0.178. The van der Waals surface area contributed by atoms with Crippen molar-refractivity contribution in [1.82, 2.24) is 0 Å². The predicted octanol–water partition coefficient (Wildman–Crippen LogP) is 1.97. The molecule has 0 aliphatic heterocycles. The van der Waals surface area contributed by atoms with E-state index in [2.05, 4.69) is 0 Å². The van der Waals surface area contributed by atoms with Gasteiger partial charge in [-0.1, -0.05) is 6.92 Å². The molecule has 1 unspecified atom stereocenters. The Labute approximate surface area is 75.3 Å². The first kappa shape index (κ1) is 10.3. The molecule has 1 rings (SSSR count). The van der Waals surface area contributed by atoms with Gasteiger partial charge in [-0.2, -0.15) is 0 Å². The molecule has 0 bridgehead atoms. The van der Waals surface area contributed by atoms with E-state index in [1.165, 1.54) is 0 Å². The van der Waals surface area contributed by atoms with E-state index in [0.717, 1.165) is 0 Å². The van der Waals surface area contributed by atoms with Crippen LogP contribution in [0.1, 0.15) is 32.6 Å². The van der Waals surface area contributed by atoms with E-state index in [0.29, 0.717) is 6.42 Å². The molecule has 1 saturated carbocycles. The summed E-state index contributed by atoms with van der Waals surface area (Å²) in [7, 11) is 0. The maximum atomic E-state index is 12.3. The SMILES string of the molecule is CCCC(=O)C(=O)CC1CC1(F)F. The van der Waals surface area contributed by atoms with Crippen molar-refractivity contribution < 1.29 is 18.4 Å². The highest BCUT2D eigenvalue weighted by Crippen LogP contribution is 2.50. The molecule has 0 amide bonds. The standard InChI is InChI=1S/C9H12F2O2/c1-2-3-7(12)8(13)4-6-5-9(6,10)11/h6H,2-5H2,1H3. The van der Waals surface area contributed by atoms with Crippen LogP contribution in [0.25, 0.3) is 0 Å². The smallest absolute Gasteiger partial charge is 0.252 e. The first-order valence-corrected chi connectivity index (χ1v) is 4.41. The second-order valence-corrected chi connectivity index (χ2v) is 3.46. The van der Waals surface area contributed by atoms with Gasteiger partial charge in [-0.15, -0.1) is 0 Å². The lowest BCUT2D eigenvalue weighted by atomic mass is 10.1. The van der Waals surface area contributed by atoms with Crippen LogP contribution in [0.3, 0.4) is 0 Å². The third-order valence-electron chi connectivity index (χ3n) is 2.18. The van der Waals surface area contributed by atoms with Crippen LogP contribution in [0, 0.1) is 5.92 Å². The van der Waals surface area contributed by atoms with E-state index < -0.39 is 23.4 Å². The number of alkyl halides is 2. The zero-order chi connectivity index (χ0) is 10.1. The number of hydrogen-bond donors (Lipinski definition) is 0. The predicted molar refractivity (Wildman–Crippen MR) is 42.6 cm³/mol. The first-order chi connectivity index (χ1) is 5.97. The van der Waals surface area contributed by atoms with E-state index in [-0.39, 0.29) is 19.3 Å². The number of hydrogen-bond acceptors (Lipinski definition) is 2. The summed E-state index contributed by atoms with van der Waals surface area (Å²) in [5.74, 6) is -4.71. The Balaban J connectivity index is 2.30. The van der Waals surface area contributed by atoms with Crippen LogP contribution in [0.2, 0.25) is 0 Å². The van der Waals surface area contributed by atoms with E-state index >= 15 is 0 Å². The highest BCUT2D eigenvalue weighted by Gasteiger charge is 2.57. The van der Waals surface area contributed by atoms with Crippen molar-refractivity contribution >= 4 is 11.6 Å². The van der Waals surface area contributed by atoms with Gasteiger partial charge in [0.25, 0.3) is 5.92 Å². The zero-order valence-electron chi connectivity index (χ0n) is 7.48. The van der Waals surface area contributed by atoms with Gasteiger partial charge in [-0.3, -0.25) is 9.59 Å². The molecule has 0 radical (unpaired) electrons. The number of Topliss-reactive ketones (excluding diaryl/α,β-unsaturated/α-hetero) is 2. The second-order valence-electron chi connectivity index (χ2n) is 3.46. The number of halogens is 2. The van der Waals surface area contributed by atoms with Gasteiger partial charge in [0.2, 0.25) is 0 Å². The average molecular weight is 190 g/mol. The van der Waals surface area contributed by atoms with Crippen molar-refractivity contribution in [3.8, 4) is 0 Å². The highest BCUT2D eigenvalue weighted by molar-refractivity contribution is 6.37. The maximum absolute atomic E-state index is 12.3. The molecule has 74 valence electrons. The maximum Gasteiger partial charge on any atom is 0.252 e. The summed E-state index contributed by atoms with van der Waals surface area (Å²) in [6, 6.07) is 0. The second kappa shape index (κ2) is 3.52. The third-order valence-corrected chi connectivity index (χ3v) is 2.18. The Bertz CT molecular complexity index is 236. The number of ketones is 2. The van der Waals surface area contributed by atoms with Gasteiger partial charge < -0.3 is 0 Å². The van der Waals surface area contributed by atoms with E-state index in [1.807, 2.05) is 0 Å². The monoisotopic (exact) mass is 190 g/mol. The molecular weight excluding hydrogens is 178 g/mol. The first-order valence-electron chi connectivity index (χ1n) is 4.41. The van der Waals surface area contributed by atoms with Gasteiger partial charge in [-0.25, -0.2) is 8.78 Å². The molecule has 0 saturated heterocycles. The fourth-order valence-corrected chi connectivity index (χ4v) is 1.20. The zero-order valence-corrected chi connectivity index (χ0v) is 7.48. The van der Waals surface area contributed by atoms with Gasteiger partial charge in [0.05, 0.1) is 0 Å². The molecule has 0 aromatic heterocycles. The van der Waals surface area contributed by atoms with Gasteiger partial charge >= 0.3 is 0 Å². The normalized spacial score (nSPS) is 24.1. The lowest BCUT2D eigenvalue weighted by Gasteiger charge is -1.97. The summed E-state index contributed by atoms with van der Waals surface area (Å²) in [4.78, 5) is 21.9.